The Kier molecular flexibility index (Phi) is 3.43. The van der Waals surface area contributed by atoms with Crippen LogP contribution in [0, 0.1) is 0 Å². The van der Waals surface area contributed by atoms with Crippen molar-refractivity contribution in [1.29, 1.82) is 0 Å². The Labute approximate surface area is 52.3 Å². The smallest absolute Gasteiger partial charge is 0.332 e. The molecule has 0 aliphatic carbocycles. The highest BCUT2D eigenvalue weighted by Gasteiger charge is 1.94. The number of carbonyl (C=O) groups excluding carboxylic acids is 1. The molecule has 0 bridgehead atoms. The number of halogens is 1. The molecule has 0 fully saturated rings. The normalized spacial score (nSPS) is 11.1. The summed E-state index contributed by atoms with van der Waals surface area (Å²) >= 11 is 0. The monoisotopic (exact) mass is 133 g/mol. The van der Waals surface area contributed by atoms with Gasteiger partial charge in [-0.3, -0.25) is 0 Å². The van der Waals surface area contributed by atoms with Crippen LogP contribution in [0.1, 0.15) is 0 Å². The van der Waals surface area contributed by atoms with E-state index in [9.17, 15) is 9.18 Å². The number of rotatable bonds is 2. The number of methoxy groups -OCH3 is 1. The summed E-state index contributed by atoms with van der Waals surface area (Å²) < 4.78 is 15.6. The maximum absolute atomic E-state index is 11.5. The number of carbonyl (C=O) groups is 1. The molecular weight excluding hydrogens is 125 g/mol. The Morgan fingerprint density at radius 3 is 2.78 bits per heavy atom. The standard InChI is InChI=1S/C5H8FNO2/c1-9-5(8)2-4(7)3-6/h2H,3,7H2,1H3. The van der Waals surface area contributed by atoms with E-state index >= 15 is 0 Å². The lowest BCUT2D eigenvalue weighted by Gasteiger charge is -1.91. The van der Waals surface area contributed by atoms with Gasteiger partial charge in [0.25, 0.3) is 0 Å². The summed E-state index contributed by atoms with van der Waals surface area (Å²) in [6.45, 7) is -0.824. The quantitative estimate of drug-likeness (QED) is 0.425. The number of nitrogens with two attached hydrogens (primary N) is 1. The van der Waals surface area contributed by atoms with Gasteiger partial charge in [-0.15, -0.1) is 0 Å². The maximum Gasteiger partial charge on any atom is 0.332 e. The molecule has 0 rings (SSSR count). The SMILES string of the molecule is COC(=O)C=C(N)CF. The van der Waals surface area contributed by atoms with Crippen LogP contribution in [0.3, 0.4) is 0 Å². The van der Waals surface area contributed by atoms with E-state index in [0.29, 0.717) is 0 Å². The second-order valence-electron chi connectivity index (χ2n) is 1.38. The maximum atomic E-state index is 11.5. The molecule has 0 aromatic carbocycles. The van der Waals surface area contributed by atoms with Gasteiger partial charge in [-0.1, -0.05) is 0 Å². The molecule has 52 valence electrons. The lowest BCUT2D eigenvalue weighted by atomic mass is 10.4. The van der Waals surface area contributed by atoms with E-state index in [1.165, 1.54) is 7.11 Å². The summed E-state index contributed by atoms with van der Waals surface area (Å²) in [7, 11) is 1.20. The van der Waals surface area contributed by atoms with Crippen molar-refractivity contribution in [2.24, 2.45) is 5.73 Å². The van der Waals surface area contributed by atoms with Gasteiger partial charge in [0.15, 0.2) is 0 Å². The fourth-order valence-electron chi connectivity index (χ4n) is 0.249. The largest absolute Gasteiger partial charge is 0.466 e. The number of hydrogen-bond donors (Lipinski definition) is 1. The molecule has 0 radical (unpaired) electrons. The lowest BCUT2D eigenvalue weighted by Crippen LogP contribution is -2.04. The van der Waals surface area contributed by atoms with Gasteiger partial charge in [-0.2, -0.15) is 0 Å². The van der Waals surface area contributed by atoms with Crippen LogP contribution >= 0.6 is 0 Å². The van der Waals surface area contributed by atoms with Crippen LogP contribution in [0.4, 0.5) is 4.39 Å². The van der Waals surface area contributed by atoms with Crippen molar-refractivity contribution in [3.05, 3.63) is 11.8 Å². The Hall–Kier alpha value is -1.06. The first-order chi connectivity index (χ1) is 4.20. The van der Waals surface area contributed by atoms with E-state index in [-0.39, 0.29) is 5.70 Å². The Bertz CT molecular complexity index is 133. The molecule has 3 nitrogen and oxygen atoms in total. The first-order valence-electron chi connectivity index (χ1n) is 2.30. The molecule has 0 heterocycles. The van der Waals surface area contributed by atoms with Crippen molar-refractivity contribution in [2.45, 2.75) is 0 Å². The van der Waals surface area contributed by atoms with E-state index in [1.807, 2.05) is 0 Å². The van der Waals surface area contributed by atoms with Crippen LogP contribution in [0.2, 0.25) is 0 Å². The van der Waals surface area contributed by atoms with Crippen LogP contribution < -0.4 is 5.73 Å². The molecule has 4 heteroatoms. The second-order valence-corrected chi connectivity index (χ2v) is 1.38. The molecule has 0 spiro atoms. The molecule has 0 aromatic rings. The summed E-state index contributed by atoms with van der Waals surface area (Å²) in [6.07, 6.45) is 0.903. The number of alkyl halides is 1. The van der Waals surface area contributed by atoms with Crippen LogP contribution in [-0.2, 0) is 9.53 Å². The van der Waals surface area contributed by atoms with Crippen molar-refractivity contribution in [1.82, 2.24) is 0 Å². The van der Waals surface area contributed by atoms with Gasteiger partial charge >= 0.3 is 5.97 Å². The van der Waals surface area contributed by atoms with Crippen molar-refractivity contribution >= 4 is 5.97 Å². The average Bonchev–Trinajstić information content (AvgIpc) is 1.87. The third-order valence-corrected chi connectivity index (χ3v) is 0.659. The number of esters is 1. The zero-order valence-electron chi connectivity index (χ0n) is 5.06. The molecule has 0 aliphatic rings. The minimum absolute atomic E-state index is 0.123. The van der Waals surface area contributed by atoms with Crippen molar-refractivity contribution < 1.29 is 13.9 Å². The highest BCUT2D eigenvalue weighted by Crippen LogP contribution is 1.85. The molecule has 0 saturated carbocycles. The molecule has 0 aliphatic heterocycles. The van der Waals surface area contributed by atoms with E-state index in [2.05, 4.69) is 4.74 Å². The van der Waals surface area contributed by atoms with Crippen molar-refractivity contribution in [3.8, 4) is 0 Å². The Morgan fingerprint density at radius 2 is 2.44 bits per heavy atom. The second kappa shape index (κ2) is 3.88. The average molecular weight is 133 g/mol. The molecule has 2 N–H and O–H groups in total. The van der Waals surface area contributed by atoms with Gasteiger partial charge in [-0.05, 0) is 0 Å². The van der Waals surface area contributed by atoms with Crippen LogP contribution in [0.25, 0.3) is 0 Å². The molecule has 0 aromatic heterocycles. The number of allylic oxidation sites excluding steroid dienone is 1. The summed E-state index contributed by atoms with van der Waals surface area (Å²) in [5.74, 6) is -0.634. The third-order valence-electron chi connectivity index (χ3n) is 0.659. The fraction of sp³-hybridized carbons (Fsp3) is 0.400. The highest BCUT2D eigenvalue weighted by atomic mass is 19.1. The van der Waals surface area contributed by atoms with E-state index in [1.54, 1.807) is 0 Å². The Balaban J connectivity index is 3.79. The zero-order chi connectivity index (χ0) is 7.28. The predicted octanol–water partition coefficient (Wildman–Crippen LogP) is -0.0285. The molecule has 0 amide bonds. The number of hydrogen-bond acceptors (Lipinski definition) is 3. The van der Waals surface area contributed by atoms with Gasteiger partial charge in [0.1, 0.15) is 6.67 Å². The summed E-state index contributed by atoms with van der Waals surface area (Å²) in [4.78, 5) is 10.2. The topological polar surface area (TPSA) is 52.3 Å². The van der Waals surface area contributed by atoms with Crippen molar-refractivity contribution in [3.63, 3.8) is 0 Å². The third kappa shape index (κ3) is 3.52. The molecule has 0 atom stereocenters. The highest BCUT2D eigenvalue weighted by molar-refractivity contribution is 5.82. The van der Waals surface area contributed by atoms with Gasteiger partial charge in [-0.25, -0.2) is 9.18 Å². The fourth-order valence-corrected chi connectivity index (χ4v) is 0.249. The minimum atomic E-state index is -0.824. The van der Waals surface area contributed by atoms with E-state index in [0.717, 1.165) is 6.08 Å². The number of ether oxygens (including phenoxy) is 1. The van der Waals surface area contributed by atoms with E-state index in [4.69, 9.17) is 5.73 Å². The minimum Gasteiger partial charge on any atom is -0.466 e. The molecule has 9 heavy (non-hydrogen) atoms. The lowest BCUT2D eigenvalue weighted by molar-refractivity contribution is -0.134. The first kappa shape index (κ1) is 7.94. The van der Waals surface area contributed by atoms with Gasteiger partial charge < -0.3 is 10.5 Å². The molecule has 0 saturated heterocycles. The summed E-state index contributed by atoms with van der Waals surface area (Å²) in [5, 5.41) is 0. The zero-order valence-corrected chi connectivity index (χ0v) is 5.06. The van der Waals surface area contributed by atoms with Gasteiger partial charge in [0.2, 0.25) is 0 Å². The van der Waals surface area contributed by atoms with Gasteiger partial charge in [0, 0.05) is 11.8 Å². The summed E-state index contributed by atoms with van der Waals surface area (Å²) in [5.41, 5.74) is 4.81. The molecular formula is C5H8FNO2. The summed E-state index contributed by atoms with van der Waals surface area (Å²) in [6, 6.07) is 0. The molecule has 0 unspecified atom stereocenters. The van der Waals surface area contributed by atoms with E-state index < -0.39 is 12.6 Å². The van der Waals surface area contributed by atoms with Crippen LogP contribution in [-0.4, -0.2) is 19.8 Å². The van der Waals surface area contributed by atoms with Crippen LogP contribution in [0.5, 0.6) is 0 Å². The van der Waals surface area contributed by atoms with Gasteiger partial charge in [0.05, 0.1) is 7.11 Å². The van der Waals surface area contributed by atoms with Crippen LogP contribution in [0.15, 0.2) is 11.8 Å². The Morgan fingerprint density at radius 1 is 1.89 bits per heavy atom. The van der Waals surface area contributed by atoms with Crippen molar-refractivity contribution in [2.75, 3.05) is 13.8 Å². The predicted molar refractivity (Wildman–Crippen MR) is 30.3 cm³/mol. The first-order valence-corrected chi connectivity index (χ1v) is 2.30.